The molecule has 3 aromatic carbocycles. The average Bonchev–Trinajstić information content (AvgIpc) is 3.21. The molecule has 1 aromatic heterocycles. The highest BCUT2D eigenvalue weighted by atomic mass is 16.5. The third kappa shape index (κ3) is 3.57. The van der Waals surface area contributed by atoms with Crippen molar-refractivity contribution in [1.82, 2.24) is 4.98 Å². The van der Waals surface area contributed by atoms with E-state index in [1.807, 2.05) is 36.4 Å². The van der Waals surface area contributed by atoms with Crippen molar-refractivity contribution in [2.24, 2.45) is 0 Å². The first-order valence-corrected chi connectivity index (χ1v) is 10.2. The number of aryl methyl sites for hydroxylation is 2. The van der Waals surface area contributed by atoms with Crippen molar-refractivity contribution in [2.45, 2.75) is 19.3 Å². The number of esters is 1. The highest BCUT2D eigenvalue weighted by Crippen LogP contribution is 2.36. The van der Waals surface area contributed by atoms with E-state index < -0.39 is 5.97 Å². The maximum atomic E-state index is 13.3. The number of rotatable bonds is 4. The molecule has 2 heterocycles. The third-order valence-corrected chi connectivity index (χ3v) is 5.51. The van der Waals surface area contributed by atoms with Crippen LogP contribution in [0.4, 0.5) is 11.4 Å². The van der Waals surface area contributed by atoms with Gasteiger partial charge in [0.2, 0.25) is 5.91 Å². The van der Waals surface area contributed by atoms with Gasteiger partial charge in [-0.1, -0.05) is 42.5 Å². The number of para-hydroxylation sites is 3. The first kappa shape index (κ1) is 19.1. The molecular formula is C25H20N2O4. The molecule has 0 bridgehead atoms. The lowest BCUT2D eigenvalue weighted by Gasteiger charge is -2.25. The fourth-order valence-corrected chi connectivity index (χ4v) is 4.02. The molecule has 5 rings (SSSR count). The van der Waals surface area contributed by atoms with Gasteiger partial charge in [-0.25, -0.2) is 9.78 Å². The molecule has 1 aliphatic rings. The molecule has 1 aliphatic heterocycles. The second kappa shape index (κ2) is 8.07. The van der Waals surface area contributed by atoms with Gasteiger partial charge in [-0.05, 0) is 48.2 Å². The Hall–Kier alpha value is -3.93. The zero-order valence-electron chi connectivity index (χ0n) is 16.8. The maximum absolute atomic E-state index is 13.3. The number of fused-ring (bicyclic) bond motifs is 3. The Balaban J connectivity index is 1.35. The Kier molecular flexibility index (Phi) is 4.96. The molecule has 0 spiro atoms. The summed E-state index contributed by atoms with van der Waals surface area (Å²) in [4.78, 5) is 31.6. The molecule has 0 saturated heterocycles. The van der Waals surface area contributed by atoms with Crippen LogP contribution in [0.25, 0.3) is 11.1 Å². The van der Waals surface area contributed by atoms with Crippen LogP contribution in [0.5, 0.6) is 0 Å². The van der Waals surface area contributed by atoms with E-state index in [9.17, 15) is 9.59 Å². The topological polar surface area (TPSA) is 72.6 Å². The summed E-state index contributed by atoms with van der Waals surface area (Å²) < 4.78 is 10.6. The van der Waals surface area contributed by atoms with Gasteiger partial charge < -0.3 is 9.15 Å². The maximum Gasteiger partial charge on any atom is 0.340 e. The van der Waals surface area contributed by atoms with E-state index in [1.165, 1.54) is 6.39 Å². The minimum atomic E-state index is -0.524. The second-order valence-corrected chi connectivity index (χ2v) is 7.38. The van der Waals surface area contributed by atoms with E-state index in [4.69, 9.17) is 9.15 Å². The molecule has 1 amide bonds. The average molecular weight is 412 g/mol. The van der Waals surface area contributed by atoms with E-state index >= 15 is 0 Å². The van der Waals surface area contributed by atoms with Gasteiger partial charge in [0.15, 0.2) is 12.0 Å². The summed E-state index contributed by atoms with van der Waals surface area (Å²) in [5.41, 5.74) is 5.32. The normalized spacial score (nSPS) is 12.7. The number of ether oxygens (including phenoxy) is 1. The van der Waals surface area contributed by atoms with Gasteiger partial charge in [0.1, 0.15) is 12.1 Å². The number of hydrogen-bond donors (Lipinski definition) is 0. The van der Waals surface area contributed by atoms with Gasteiger partial charge >= 0.3 is 5.97 Å². The van der Waals surface area contributed by atoms with Crippen molar-refractivity contribution < 1.29 is 18.7 Å². The van der Waals surface area contributed by atoms with Crippen molar-refractivity contribution in [3.63, 3.8) is 0 Å². The Labute approximate surface area is 179 Å². The molecule has 0 atom stereocenters. The predicted molar refractivity (Wildman–Crippen MR) is 116 cm³/mol. The largest absolute Gasteiger partial charge is 0.461 e. The van der Waals surface area contributed by atoms with Crippen LogP contribution in [0, 0.1) is 0 Å². The van der Waals surface area contributed by atoms with Crippen LogP contribution in [0.15, 0.2) is 77.5 Å². The van der Waals surface area contributed by atoms with Gasteiger partial charge in [0.05, 0.1) is 23.4 Å². The van der Waals surface area contributed by atoms with Crippen molar-refractivity contribution >= 4 is 34.4 Å². The number of oxazole rings is 1. The molecule has 0 unspecified atom stereocenters. The fraction of sp³-hybridized carbons (Fsp3) is 0.160. The third-order valence-electron chi connectivity index (χ3n) is 5.51. The predicted octanol–water partition coefficient (Wildman–Crippen LogP) is 4.84. The molecule has 4 aromatic rings. The first-order chi connectivity index (χ1) is 15.2. The molecular weight excluding hydrogens is 392 g/mol. The number of nitrogens with zero attached hydrogens (tertiary/aromatic N) is 2. The first-order valence-electron chi connectivity index (χ1n) is 10.2. The molecule has 0 fully saturated rings. The molecule has 0 radical (unpaired) electrons. The molecule has 154 valence electrons. The minimum Gasteiger partial charge on any atom is -0.461 e. The van der Waals surface area contributed by atoms with Gasteiger partial charge in [-0.2, -0.15) is 0 Å². The number of carbonyl (C=O) groups is 2. The van der Waals surface area contributed by atoms with Crippen LogP contribution < -0.4 is 4.90 Å². The molecule has 31 heavy (non-hydrogen) atoms. The summed E-state index contributed by atoms with van der Waals surface area (Å²) in [6.07, 6.45) is 3.10. The summed E-state index contributed by atoms with van der Waals surface area (Å²) in [5, 5.41) is 0. The number of hydrogen-bond acceptors (Lipinski definition) is 5. The van der Waals surface area contributed by atoms with Crippen LogP contribution >= 0.6 is 0 Å². The van der Waals surface area contributed by atoms with E-state index in [-0.39, 0.29) is 18.9 Å². The molecule has 6 nitrogen and oxygen atoms in total. The Morgan fingerprint density at radius 3 is 2.29 bits per heavy atom. The number of carbonyl (C=O) groups excluding carboxylic acids is 2. The summed E-state index contributed by atoms with van der Waals surface area (Å²) in [5.74, 6) is -0.641. The smallest absolute Gasteiger partial charge is 0.340 e. The van der Waals surface area contributed by atoms with Crippen molar-refractivity contribution in [3.05, 3.63) is 89.8 Å². The number of amides is 1. The van der Waals surface area contributed by atoms with E-state index in [2.05, 4.69) is 17.1 Å². The highest BCUT2D eigenvalue weighted by Gasteiger charge is 2.25. The van der Waals surface area contributed by atoms with E-state index in [0.717, 1.165) is 35.3 Å². The van der Waals surface area contributed by atoms with Crippen molar-refractivity contribution in [2.75, 3.05) is 11.5 Å². The number of aromatic nitrogens is 1. The Morgan fingerprint density at radius 1 is 0.903 bits per heavy atom. The lowest BCUT2D eigenvalue weighted by molar-refractivity contribution is -0.118. The molecule has 0 N–H and O–H groups in total. The van der Waals surface area contributed by atoms with Crippen LogP contribution in [-0.4, -0.2) is 23.5 Å². The summed E-state index contributed by atoms with van der Waals surface area (Å²) in [6, 6.07) is 21.0. The van der Waals surface area contributed by atoms with Gasteiger partial charge in [-0.15, -0.1) is 0 Å². The minimum absolute atomic E-state index is 0.0211. The van der Waals surface area contributed by atoms with Crippen LogP contribution in [0.1, 0.15) is 27.9 Å². The van der Waals surface area contributed by atoms with E-state index in [1.54, 1.807) is 23.1 Å². The molecule has 0 aliphatic carbocycles. The molecule has 6 heteroatoms. The second-order valence-electron chi connectivity index (χ2n) is 7.38. The van der Waals surface area contributed by atoms with E-state index in [0.29, 0.717) is 16.7 Å². The monoisotopic (exact) mass is 412 g/mol. The zero-order valence-corrected chi connectivity index (χ0v) is 16.8. The van der Waals surface area contributed by atoms with Gasteiger partial charge in [0.25, 0.3) is 0 Å². The fourth-order valence-electron chi connectivity index (χ4n) is 4.02. The Morgan fingerprint density at radius 2 is 1.58 bits per heavy atom. The van der Waals surface area contributed by atoms with Crippen LogP contribution in [-0.2, 0) is 22.4 Å². The number of benzene rings is 3. The van der Waals surface area contributed by atoms with Gasteiger partial charge in [-0.3, -0.25) is 9.69 Å². The zero-order chi connectivity index (χ0) is 21.2. The standard InChI is InChI=1S/C25H20N2O4/c28-23(14-15-30-25(29)19-8-5-11-22-24(19)26-16-31-22)27-20-9-3-1-6-17(20)12-13-18-7-2-4-10-21(18)27/h1-11,16H,12-15H2. The van der Waals surface area contributed by atoms with Crippen molar-refractivity contribution in [1.29, 1.82) is 0 Å². The Bertz CT molecular complexity index is 1230. The van der Waals surface area contributed by atoms with Crippen LogP contribution in [0.3, 0.4) is 0 Å². The SMILES string of the molecule is O=C(OCCC(=O)N1c2ccccc2CCc2ccccc21)c1cccc2ocnc12. The summed E-state index contributed by atoms with van der Waals surface area (Å²) >= 11 is 0. The van der Waals surface area contributed by atoms with Gasteiger partial charge in [0, 0.05) is 0 Å². The molecule has 0 saturated carbocycles. The summed E-state index contributed by atoms with van der Waals surface area (Å²) in [6.45, 7) is -0.0211. The van der Waals surface area contributed by atoms with Crippen LogP contribution in [0.2, 0.25) is 0 Å². The summed E-state index contributed by atoms with van der Waals surface area (Å²) in [7, 11) is 0. The highest BCUT2D eigenvalue weighted by molar-refractivity contribution is 6.03. The number of anilines is 2. The quantitative estimate of drug-likeness (QED) is 0.449. The lowest BCUT2D eigenvalue weighted by Crippen LogP contribution is -2.28. The lowest BCUT2D eigenvalue weighted by atomic mass is 10.0. The van der Waals surface area contributed by atoms with Crippen molar-refractivity contribution in [3.8, 4) is 0 Å².